The molecule has 5 heteroatoms. The number of anilines is 1. The topological polar surface area (TPSA) is 63.8 Å². The van der Waals surface area contributed by atoms with E-state index in [9.17, 15) is 0 Å². The number of hydrazine groups is 1. The summed E-state index contributed by atoms with van der Waals surface area (Å²) in [5.41, 5.74) is 4.62. The van der Waals surface area contributed by atoms with Crippen LogP contribution in [0, 0.1) is 6.92 Å². The Balaban J connectivity index is 2.46. The van der Waals surface area contributed by atoms with Gasteiger partial charge in [-0.05, 0) is 24.6 Å². The van der Waals surface area contributed by atoms with Crippen LogP contribution in [0.5, 0.6) is 0 Å². The van der Waals surface area contributed by atoms with Crippen LogP contribution < -0.4 is 11.3 Å². The first kappa shape index (κ1) is 11.0. The molecule has 0 aliphatic carbocycles. The molecule has 0 atom stereocenters. The molecule has 1 aromatic heterocycles. The maximum absolute atomic E-state index is 5.30. The third-order valence-corrected chi connectivity index (χ3v) is 3.11. The second kappa shape index (κ2) is 4.59. The quantitative estimate of drug-likeness (QED) is 0.655. The molecule has 0 saturated heterocycles. The van der Waals surface area contributed by atoms with Crippen LogP contribution in [-0.2, 0) is 0 Å². The number of aryl methyl sites for hydroxylation is 1. The van der Waals surface area contributed by atoms with E-state index in [0.29, 0.717) is 11.6 Å². The second-order valence-electron chi connectivity index (χ2n) is 3.37. The van der Waals surface area contributed by atoms with Crippen molar-refractivity contribution in [2.24, 2.45) is 5.84 Å². The van der Waals surface area contributed by atoms with Gasteiger partial charge in [0.25, 0.3) is 0 Å². The molecule has 1 aromatic carbocycles. The Kier molecular flexibility index (Phi) is 3.17. The summed E-state index contributed by atoms with van der Waals surface area (Å²) in [4.78, 5) is 8.48. The third-order valence-electron chi connectivity index (χ3n) is 2.22. The first-order valence-electron chi connectivity index (χ1n) is 4.77. The van der Waals surface area contributed by atoms with Crippen LogP contribution in [0.2, 0.25) is 0 Å². The van der Waals surface area contributed by atoms with Crippen molar-refractivity contribution < 1.29 is 0 Å². The van der Waals surface area contributed by atoms with E-state index >= 15 is 0 Å². The molecule has 0 radical (unpaired) electrons. The van der Waals surface area contributed by atoms with E-state index in [2.05, 4.69) is 31.3 Å². The summed E-state index contributed by atoms with van der Waals surface area (Å²) in [5.74, 6) is 6.56. The van der Waals surface area contributed by atoms with Gasteiger partial charge in [0.05, 0.1) is 0 Å². The number of rotatable bonds is 2. The number of aromatic nitrogens is 2. The van der Waals surface area contributed by atoms with Crippen molar-refractivity contribution in [2.75, 3.05) is 5.43 Å². The lowest BCUT2D eigenvalue weighted by Gasteiger charge is -2.04. The van der Waals surface area contributed by atoms with Gasteiger partial charge in [0.1, 0.15) is 5.82 Å². The molecule has 82 valence electrons. The van der Waals surface area contributed by atoms with Crippen LogP contribution in [0.15, 0.2) is 34.9 Å². The predicted molar refractivity (Wildman–Crippen MR) is 67.7 cm³/mol. The maximum Gasteiger partial charge on any atom is 0.161 e. The van der Waals surface area contributed by atoms with Gasteiger partial charge in [-0.15, -0.1) is 0 Å². The van der Waals surface area contributed by atoms with Crippen molar-refractivity contribution in [2.45, 2.75) is 6.92 Å². The van der Waals surface area contributed by atoms with Crippen LogP contribution in [0.1, 0.15) is 5.56 Å². The summed E-state index contributed by atoms with van der Waals surface area (Å²) < 4.78 is 1.07. The van der Waals surface area contributed by atoms with Gasteiger partial charge < -0.3 is 5.43 Å². The Morgan fingerprint density at radius 1 is 1.31 bits per heavy atom. The van der Waals surface area contributed by atoms with E-state index in [1.165, 1.54) is 0 Å². The molecule has 0 fully saturated rings. The van der Waals surface area contributed by atoms with Crippen molar-refractivity contribution >= 4 is 21.7 Å². The van der Waals surface area contributed by atoms with Crippen molar-refractivity contribution in [1.29, 1.82) is 0 Å². The molecule has 1 heterocycles. The molecule has 2 aromatic rings. The van der Waals surface area contributed by atoms with Crippen molar-refractivity contribution in [3.8, 4) is 11.4 Å². The molecule has 0 unspecified atom stereocenters. The van der Waals surface area contributed by atoms with E-state index in [-0.39, 0.29) is 0 Å². The third kappa shape index (κ3) is 2.20. The van der Waals surface area contributed by atoms with E-state index < -0.39 is 0 Å². The summed E-state index contributed by atoms with van der Waals surface area (Å²) >= 11 is 3.46. The minimum Gasteiger partial charge on any atom is -0.308 e. The van der Waals surface area contributed by atoms with Crippen LogP contribution in [-0.4, -0.2) is 9.97 Å². The van der Waals surface area contributed by atoms with Crippen LogP contribution in [0.25, 0.3) is 11.4 Å². The Labute approximate surface area is 102 Å². The summed E-state index contributed by atoms with van der Waals surface area (Å²) in [5, 5.41) is 0. The van der Waals surface area contributed by atoms with Gasteiger partial charge in [0, 0.05) is 22.3 Å². The molecule has 2 rings (SSSR count). The van der Waals surface area contributed by atoms with Crippen LogP contribution in [0.4, 0.5) is 5.82 Å². The molecular formula is C11H11BrN4. The van der Waals surface area contributed by atoms with Crippen molar-refractivity contribution in [1.82, 2.24) is 9.97 Å². The lowest BCUT2D eigenvalue weighted by atomic mass is 10.1. The van der Waals surface area contributed by atoms with Crippen molar-refractivity contribution in [3.05, 3.63) is 40.5 Å². The highest BCUT2D eigenvalue weighted by atomic mass is 79.9. The Morgan fingerprint density at radius 2 is 2.12 bits per heavy atom. The number of halogens is 1. The molecule has 0 bridgehead atoms. The number of nitrogens with zero attached hydrogens (tertiary/aromatic N) is 2. The highest BCUT2D eigenvalue weighted by Crippen LogP contribution is 2.22. The molecule has 16 heavy (non-hydrogen) atoms. The van der Waals surface area contributed by atoms with Gasteiger partial charge in [-0.3, -0.25) is 0 Å². The van der Waals surface area contributed by atoms with Gasteiger partial charge in [-0.2, -0.15) is 0 Å². The second-order valence-corrected chi connectivity index (χ2v) is 4.23. The lowest BCUT2D eigenvalue weighted by Crippen LogP contribution is -2.09. The van der Waals surface area contributed by atoms with Crippen LogP contribution >= 0.6 is 15.9 Å². The standard InChI is InChI=1S/C11H11BrN4/c1-7-6-8(2-3-9(7)12)11-14-5-4-10(15-11)16-13/h2-6H,13H2,1H3,(H,14,15,16). The molecule has 0 spiro atoms. The highest BCUT2D eigenvalue weighted by molar-refractivity contribution is 9.10. The number of nitrogen functional groups attached to an aromatic ring is 1. The Morgan fingerprint density at radius 3 is 2.81 bits per heavy atom. The average molecular weight is 279 g/mol. The highest BCUT2D eigenvalue weighted by Gasteiger charge is 2.03. The van der Waals surface area contributed by atoms with Gasteiger partial charge in [0.15, 0.2) is 5.82 Å². The zero-order valence-electron chi connectivity index (χ0n) is 8.74. The van der Waals surface area contributed by atoms with Gasteiger partial charge in [-0.1, -0.05) is 22.0 Å². The number of hydrogen-bond donors (Lipinski definition) is 2. The number of hydrogen-bond acceptors (Lipinski definition) is 4. The average Bonchev–Trinajstić information content (AvgIpc) is 2.33. The van der Waals surface area contributed by atoms with E-state index in [1.54, 1.807) is 12.3 Å². The zero-order valence-corrected chi connectivity index (χ0v) is 10.3. The molecule has 4 nitrogen and oxygen atoms in total. The lowest BCUT2D eigenvalue weighted by molar-refractivity contribution is 1.14. The smallest absolute Gasteiger partial charge is 0.161 e. The zero-order chi connectivity index (χ0) is 11.5. The predicted octanol–water partition coefficient (Wildman–Crippen LogP) is 2.50. The molecule has 0 aliphatic heterocycles. The van der Waals surface area contributed by atoms with Crippen LogP contribution in [0.3, 0.4) is 0 Å². The summed E-state index contributed by atoms with van der Waals surface area (Å²) in [6.07, 6.45) is 1.68. The first-order chi connectivity index (χ1) is 7.70. The summed E-state index contributed by atoms with van der Waals surface area (Å²) in [6, 6.07) is 7.69. The molecular weight excluding hydrogens is 268 g/mol. The molecule has 0 saturated carbocycles. The number of benzene rings is 1. The van der Waals surface area contributed by atoms with E-state index in [1.807, 2.05) is 25.1 Å². The normalized spacial score (nSPS) is 10.2. The molecule has 3 N–H and O–H groups in total. The Hall–Kier alpha value is -1.46. The Bertz CT molecular complexity index is 513. The van der Waals surface area contributed by atoms with Crippen molar-refractivity contribution in [3.63, 3.8) is 0 Å². The minimum absolute atomic E-state index is 0.602. The number of nitrogens with one attached hydrogen (secondary N) is 1. The SMILES string of the molecule is Cc1cc(-c2nccc(NN)n2)ccc1Br. The maximum atomic E-state index is 5.30. The summed E-state index contributed by atoms with van der Waals surface area (Å²) in [6.45, 7) is 2.03. The van der Waals surface area contributed by atoms with E-state index in [4.69, 9.17) is 5.84 Å². The molecule has 0 amide bonds. The monoisotopic (exact) mass is 278 g/mol. The van der Waals surface area contributed by atoms with Gasteiger partial charge in [-0.25, -0.2) is 15.8 Å². The minimum atomic E-state index is 0.602. The molecule has 0 aliphatic rings. The fourth-order valence-electron chi connectivity index (χ4n) is 1.36. The van der Waals surface area contributed by atoms with Gasteiger partial charge in [0.2, 0.25) is 0 Å². The fraction of sp³-hybridized carbons (Fsp3) is 0.0909. The number of nitrogens with two attached hydrogens (primary N) is 1. The largest absolute Gasteiger partial charge is 0.308 e. The van der Waals surface area contributed by atoms with Gasteiger partial charge >= 0.3 is 0 Å². The fourth-order valence-corrected chi connectivity index (χ4v) is 1.61. The van der Waals surface area contributed by atoms with E-state index in [0.717, 1.165) is 15.6 Å². The summed E-state index contributed by atoms with van der Waals surface area (Å²) in [7, 11) is 0. The first-order valence-corrected chi connectivity index (χ1v) is 5.56.